The van der Waals surface area contributed by atoms with Gasteiger partial charge in [0.25, 0.3) is 0 Å². The smallest absolute Gasteiger partial charge is 0.353 e. The van der Waals surface area contributed by atoms with E-state index in [-0.39, 0.29) is 13.1 Å². The van der Waals surface area contributed by atoms with Crippen LogP contribution in [0.25, 0.3) is 0 Å². The summed E-state index contributed by atoms with van der Waals surface area (Å²) in [6.45, 7) is -1.47. The molecule has 2 rings (SSSR count). The van der Waals surface area contributed by atoms with E-state index in [1.54, 1.807) is 30.3 Å². The van der Waals surface area contributed by atoms with Crippen molar-refractivity contribution < 1.29 is 27.6 Å². The van der Waals surface area contributed by atoms with Gasteiger partial charge in [-0.15, -0.1) is 0 Å². The second-order valence-corrected chi connectivity index (χ2v) is 5.47. The molecule has 1 atom stereocenters. The number of imide groups is 1. The number of halogens is 3. The van der Waals surface area contributed by atoms with E-state index in [0.717, 1.165) is 4.90 Å². The third kappa shape index (κ3) is 5.75. The summed E-state index contributed by atoms with van der Waals surface area (Å²) in [6.07, 6.45) is -4.55. The van der Waals surface area contributed by atoms with Crippen LogP contribution in [0, 0.1) is 0 Å². The maximum Gasteiger partial charge on any atom is 0.405 e. The summed E-state index contributed by atoms with van der Waals surface area (Å²) < 4.78 is 39.2. The van der Waals surface area contributed by atoms with Gasteiger partial charge < -0.3 is 15.5 Å². The lowest BCUT2D eigenvalue weighted by atomic mass is 10.2. The fourth-order valence-electron chi connectivity index (χ4n) is 2.20. The van der Waals surface area contributed by atoms with Crippen molar-refractivity contribution in [2.75, 3.05) is 19.6 Å². The van der Waals surface area contributed by atoms with Crippen LogP contribution in [0.1, 0.15) is 5.56 Å². The minimum absolute atomic E-state index is 0.0100. The monoisotopic (exact) mass is 358 g/mol. The van der Waals surface area contributed by atoms with E-state index in [9.17, 15) is 27.6 Å². The van der Waals surface area contributed by atoms with Crippen molar-refractivity contribution in [1.82, 2.24) is 20.9 Å². The van der Waals surface area contributed by atoms with Gasteiger partial charge in [-0.2, -0.15) is 13.2 Å². The van der Waals surface area contributed by atoms with Gasteiger partial charge in [0.15, 0.2) is 0 Å². The van der Waals surface area contributed by atoms with Crippen molar-refractivity contribution in [2.45, 2.75) is 18.8 Å². The number of nitrogens with one attached hydrogen (secondary N) is 3. The molecule has 1 aromatic carbocycles. The number of alkyl halides is 3. The molecule has 0 saturated carbocycles. The van der Waals surface area contributed by atoms with Crippen molar-refractivity contribution >= 4 is 17.8 Å². The first-order valence-corrected chi connectivity index (χ1v) is 7.45. The summed E-state index contributed by atoms with van der Waals surface area (Å²) in [5.41, 5.74) is 0.676. The van der Waals surface area contributed by atoms with E-state index in [1.807, 2.05) is 5.32 Å². The zero-order valence-corrected chi connectivity index (χ0v) is 13.1. The van der Waals surface area contributed by atoms with Crippen molar-refractivity contribution in [3.8, 4) is 0 Å². The van der Waals surface area contributed by atoms with Crippen LogP contribution >= 0.6 is 0 Å². The quantitative estimate of drug-likeness (QED) is 0.615. The maximum atomic E-state index is 13.1. The van der Waals surface area contributed by atoms with E-state index >= 15 is 0 Å². The number of hydrogen-bond acceptors (Lipinski definition) is 4. The van der Waals surface area contributed by atoms with Crippen LogP contribution in [0.4, 0.5) is 18.0 Å². The molecule has 0 radical (unpaired) electrons. The number of nitrogens with zero attached hydrogens (tertiary/aromatic N) is 1. The molecule has 0 bridgehead atoms. The molecule has 7 nitrogen and oxygen atoms in total. The highest BCUT2D eigenvalue weighted by Gasteiger charge is 2.39. The van der Waals surface area contributed by atoms with Gasteiger partial charge in [0.2, 0.25) is 11.8 Å². The Morgan fingerprint density at radius 3 is 2.48 bits per heavy atom. The van der Waals surface area contributed by atoms with Gasteiger partial charge >= 0.3 is 12.2 Å². The molecule has 1 aromatic rings. The summed E-state index contributed by atoms with van der Waals surface area (Å²) >= 11 is 0. The topological polar surface area (TPSA) is 90.5 Å². The zero-order valence-electron chi connectivity index (χ0n) is 13.1. The summed E-state index contributed by atoms with van der Waals surface area (Å²) in [6, 6.07) is 5.86. The Morgan fingerprint density at radius 1 is 1.24 bits per heavy atom. The molecule has 1 aliphatic rings. The first-order chi connectivity index (χ1) is 11.8. The van der Waals surface area contributed by atoms with Crippen LogP contribution in [0.3, 0.4) is 0 Å². The van der Waals surface area contributed by atoms with Gasteiger partial charge in [0.1, 0.15) is 19.1 Å². The molecule has 0 aromatic heterocycles. The molecular weight excluding hydrogens is 341 g/mol. The van der Waals surface area contributed by atoms with E-state index in [1.165, 1.54) is 0 Å². The average molecular weight is 358 g/mol. The first kappa shape index (κ1) is 18.7. The van der Waals surface area contributed by atoms with Gasteiger partial charge in [-0.1, -0.05) is 30.3 Å². The number of carbonyl (C=O) groups is 3. The lowest BCUT2D eigenvalue weighted by Gasteiger charge is -2.22. The number of rotatable bonds is 7. The number of amides is 4. The Hall–Kier alpha value is -2.62. The van der Waals surface area contributed by atoms with Crippen molar-refractivity contribution in [3.63, 3.8) is 0 Å². The molecule has 136 valence electrons. The number of urea groups is 1. The molecule has 4 amide bonds. The van der Waals surface area contributed by atoms with Crippen LogP contribution in [0.15, 0.2) is 30.3 Å². The summed E-state index contributed by atoms with van der Waals surface area (Å²) in [4.78, 5) is 34.9. The fourth-order valence-corrected chi connectivity index (χ4v) is 2.20. The molecule has 1 aliphatic heterocycles. The summed E-state index contributed by atoms with van der Waals surface area (Å²) in [5.74, 6) is -1.34. The molecule has 0 unspecified atom stereocenters. The maximum absolute atomic E-state index is 13.1. The highest BCUT2D eigenvalue weighted by Crippen LogP contribution is 2.20. The standard InChI is InChI=1S/C15H17F3N4O3/c16-15(17,18)11(19-6-10-4-2-1-3-5-10)7-20-12(23)8-22-9-13(24)21-14(22)25/h1-5,11,19H,6-9H2,(H,20,23)(H,21,24,25)/t11-/m1/s1. The van der Waals surface area contributed by atoms with Crippen molar-refractivity contribution in [1.29, 1.82) is 0 Å². The predicted molar refractivity (Wildman–Crippen MR) is 81.2 cm³/mol. The van der Waals surface area contributed by atoms with E-state index in [4.69, 9.17) is 0 Å². The molecule has 25 heavy (non-hydrogen) atoms. The lowest BCUT2D eigenvalue weighted by Crippen LogP contribution is -2.51. The molecule has 1 heterocycles. The Balaban J connectivity index is 1.84. The second kappa shape index (κ2) is 7.97. The first-order valence-electron chi connectivity index (χ1n) is 7.45. The van der Waals surface area contributed by atoms with Crippen LogP contribution < -0.4 is 16.0 Å². The SMILES string of the molecule is O=C(CN1CC(=O)NC1=O)NC[C@@H](NCc1ccccc1)C(F)(F)F. The average Bonchev–Trinajstić information content (AvgIpc) is 2.84. The highest BCUT2D eigenvalue weighted by atomic mass is 19.4. The van der Waals surface area contributed by atoms with Gasteiger partial charge in [-0.05, 0) is 5.56 Å². The molecule has 10 heteroatoms. The van der Waals surface area contributed by atoms with Gasteiger partial charge in [0, 0.05) is 13.1 Å². The predicted octanol–water partition coefficient (Wildman–Crippen LogP) is 0.375. The number of carbonyl (C=O) groups excluding carboxylic acids is 3. The van der Waals surface area contributed by atoms with E-state index < -0.39 is 43.2 Å². The van der Waals surface area contributed by atoms with Gasteiger partial charge in [0.05, 0.1) is 0 Å². The van der Waals surface area contributed by atoms with Crippen LogP contribution in [0.2, 0.25) is 0 Å². The van der Waals surface area contributed by atoms with Crippen molar-refractivity contribution in [2.24, 2.45) is 0 Å². The Labute approximate surface area is 141 Å². The third-order valence-electron chi connectivity index (χ3n) is 3.50. The molecule has 0 spiro atoms. The molecule has 0 aliphatic carbocycles. The second-order valence-electron chi connectivity index (χ2n) is 5.47. The summed E-state index contributed by atoms with van der Waals surface area (Å²) in [5, 5.41) is 6.46. The Kier molecular flexibility index (Phi) is 5.97. The zero-order chi connectivity index (χ0) is 18.4. The molecule has 1 saturated heterocycles. The Morgan fingerprint density at radius 2 is 1.92 bits per heavy atom. The number of hydrogen-bond donors (Lipinski definition) is 3. The number of benzene rings is 1. The minimum atomic E-state index is -4.55. The Bertz CT molecular complexity index is 637. The largest absolute Gasteiger partial charge is 0.405 e. The third-order valence-corrected chi connectivity index (χ3v) is 3.50. The van der Waals surface area contributed by atoms with E-state index in [2.05, 4.69) is 10.6 Å². The summed E-state index contributed by atoms with van der Waals surface area (Å²) in [7, 11) is 0. The normalized spacial score (nSPS) is 15.9. The molecule has 1 fully saturated rings. The van der Waals surface area contributed by atoms with Gasteiger partial charge in [-0.3, -0.25) is 14.9 Å². The molecular formula is C15H17F3N4O3. The highest BCUT2D eigenvalue weighted by molar-refractivity contribution is 6.03. The minimum Gasteiger partial charge on any atom is -0.353 e. The fraction of sp³-hybridized carbons (Fsp3) is 0.400. The lowest BCUT2D eigenvalue weighted by molar-refractivity contribution is -0.156. The van der Waals surface area contributed by atoms with Crippen LogP contribution in [0.5, 0.6) is 0 Å². The molecule has 3 N–H and O–H groups in total. The van der Waals surface area contributed by atoms with Crippen LogP contribution in [-0.2, 0) is 16.1 Å². The van der Waals surface area contributed by atoms with Gasteiger partial charge in [-0.25, -0.2) is 4.79 Å². The van der Waals surface area contributed by atoms with E-state index in [0.29, 0.717) is 5.56 Å². The van der Waals surface area contributed by atoms with Crippen LogP contribution in [-0.4, -0.2) is 54.6 Å². The van der Waals surface area contributed by atoms with Crippen molar-refractivity contribution in [3.05, 3.63) is 35.9 Å².